The van der Waals surface area contributed by atoms with Gasteiger partial charge in [0.25, 0.3) is 0 Å². The molecular weight excluding hydrogens is 487 g/mol. The van der Waals surface area contributed by atoms with Crippen molar-refractivity contribution in [2.75, 3.05) is 6.61 Å². The van der Waals surface area contributed by atoms with Gasteiger partial charge >= 0.3 is 0 Å². The first kappa shape index (κ1) is 24.0. The van der Waals surface area contributed by atoms with Crippen molar-refractivity contribution >= 4 is 22.8 Å². The van der Waals surface area contributed by atoms with Crippen molar-refractivity contribution in [1.29, 1.82) is 0 Å². The number of ether oxygens (including phenoxy) is 1. The highest BCUT2D eigenvalue weighted by atomic mass is 35.5. The van der Waals surface area contributed by atoms with E-state index >= 15 is 0 Å². The molecule has 0 spiro atoms. The van der Waals surface area contributed by atoms with E-state index < -0.39 is 65.0 Å². The van der Waals surface area contributed by atoms with E-state index in [9.17, 15) is 33.0 Å². The van der Waals surface area contributed by atoms with Gasteiger partial charge in [-0.05, 0) is 36.4 Å². The fourth-order valence-corrected chi connectivity index (χ4v) is 4.97. The van der Waals surface area contributed by atoms with Gasteiger partial charge in [0.1, 0.15) is 23.9 Å². The SMILES string of the molecule is [O-][S+](c1ccc(Cl)cc1)C1OC(CO)C(O)C(n2cc(-c3cc(F)c(F)c(F)c3)nn2)C1O. The van der Waals surface area contributed by atoms with Crippen LogP contribution in [-0.2, 0) is 15.9 Å². The van der Waals surface area contributed by atoms with Crippen molar-refractivity contribution in [3.05, 3.63) is 65.1 Å². The van der Waals surface area contributed by atoms with Crippen LogP contribution in [0.2, 0.25) is 5.02 Å². The Kier molecular flexibility index (Phi) is 6.96. The zero-order valence-electron chi connectivity index (χ0n) is 16.6. The largest absolute Gasteiger partial charge is 0.609 e. The maximum absolute atomic E-state index is 13.6. The minimum atomic E-state index is -1.93. The van der Waals surface area contributed by atoms with E-state index in [1.54, 1.807) is 0 Å². The van der Waals surface area contributed by atoms with Gasteiger partial charge in [0.05, 0.1) is 12.8 Å². The van der Waals surface area contributed by atoms with Gasteiger partial charge in [0.15, 0.2) is 28.5 Å². The number of aromatic nitrogens is 3. The summed E-state index contributed by atoms with van der Waals surface area (Å²) in [7, 11) is 0. The lowest BCUT2D eigenvalue weighted by atomic mass is 9.97. The van der Waals surface area contributed by atoms with Crippen LogP contribution in [0.4, 0.5) is 13.2 Å². The lowest BCUT2D eigenvalue weighted by Crippen LogP contribution is -2.58. The number of aliphatic hydroxyl groups excluding tert-OH is 3. The number of nitrogens with zero attached hydrogens (tertiary/aromatic N) is 3. The van der Waals surface area contributed by atoms with E-state index in [0.717, 1.165) is 16.8 Å². The van der Waals surface area contributed by atoms with Gasteiger partial charge in [0.2, 0.25) is 5.44 Å². The average molecular weight is 504 g/mol. The normalized spacial score (nSPS) is 26.4. The quantitative estimate of drug-likeness (QED) is 0.358. The lowest BCUT2D eigenvalue weighted by Gasteiger charge is -2.41. The summed E-state index contributed by atoms with van der Waals surface area (Å²) in [5.41, 5.74) is -1.58. The number of benzene rings is 2. The van der Waals surface area contributed by atoms with E-state index in [1.165, 1.54) is 30.5 Å². The minimum Gasteiger partial charge on any atom is -0.609 e. The maximum Gasteiger partial charge on any atom is 0.250 e. The highest BCUT2D eigenvalue weighted by Gasteiger charge is 2.51. The highest BCUT2D eigenvalue weighted by molar-refractivity contribution is 7.92. The molecule has 3 aromatic rings. The molecule has 0 radical (unpaired) electrons. The number of hydrogen-bond acceptors (Lipinski definition) is 7. The van der Waals surface area contributed by atoms with Gasteiger partial charge in [-0.25, -0.2) is 17.9 Å². The molecule has 0 saturated carbocycles. The standard InChI is InChI=1S/C20H17ClF3N3O5S/c21-10-1-3-11(4-2-10)33(31)20-19(30)17(18(29)15(8-28)32-20)27-7-14(25-26-27)9-5-12(22)16(24)13(23)6-9/h1-7,15,17-20,28-30H,8H2. The summed E-state index contributed by atoms with van der Waals surface area (Å²) in [4.78, 5) is 0.284. The van der Waals surface area contributed by atoms with Gasteiger partial charge in [-0.3, -0.25) is 0 Å². The second kappa shape index (κ2) is 9.58. The predicted molar refractivity (Wildman–Crippen MR) is 110 cm³/mol. The summed E-state index contributed by atoms with van der Waals surface area (Å²) in [6, 6.07) is 6.13. The molecule has 13 heteroatoms. The molecular formula is C20H17ClF3N3O5S. The molecule has 1 aliphatic heterocycles. The summed E-state index contributed by atoms with van der Waals surface area (Å²) in [6.07, 6.45) is -3.14. The van der Waals surface area contributed by atoms with Crippen molar-refractivity contribution in [1.82, 2.24) is 15.0 Å². The monoisotopic (exact) mass is 503 g/mol. The summed E-state index contributed by atoms with van der Waals surface area (Å²) in [6.45, 7) is -0.658. The van der Waals surface area contributed by atoms with Crippen LogP contribution in [-0.4, -0.2) is 65.2 Å². The molecule has 8 nitrogen and oxygen atoms in total. The van der Waals surface area contributed by atoms with Crippen LogP contribution in [0.3, 0.4) is 0 Å². The topological polar surface area (TPSA) is 124 Å². The fraction of sp³-hybridized carbons (Fsp3) is 0.300. The molecule has 1 aliphatic rings. The predicted octanol–water partition coefficient (Wildman–Crippen LogP) is 1.80. The number of halogens is 4. The van der Waals surface area contributed by atoms with Crippen LogP contribution in [0.15, 0.2) is 47.5 Å². The first-order valence-electron chi connectivity index (χ1n) is 9.56. The van der Waals surface area contributed by atoms with Crippen LogP contribution < -0.4 is 0 Å². The summed E-state index contributed by atoms with van der Waals surface area (Å²) >= 11 is 3.91. The first-order valence-corrected chi connectivity index (χ1v) is 11.2. The Morgan fingerprint density at radius 1 is 1.09 bits per heavy atom. The number of rotatable bonds is 5. The van der Waals surface area contributed by atoms with Crippen molar-refractivity contribution < 1.29 is 37.8 Å². The molecule has 0 aliphatic carbocycles. The Balaban J connectivity index is 1.66. The van der Waals surface area contributed by atoms with Gasteiger partial charge in [0, 0.05) is 21.8 Å². The minimum absolute atomic E-state index is 0.0744. The van der Waals surface area contributed by atoms with Crippen LogP contribution in [0.1, 0.15) is 6.04 Å². The molecule has 2 heterocycles. The average Bonchev–Trinajstić information content (AvgIpc) is 3.27. The molecule has 0 bridgehead atoms. The zero-order valence-corrected chi connectivity index (χ0v) is 18.1. The molecule has 0 amide bonds. The van der Waals surface area contributed by atoms with Crippen molar-refractivity contribution in [2.24, 2.45) is 0 Å². The van der Waals surface area contributed by atoms with Crippen LogP contribution in [0.5, 0.6) is 0 Å². The smallest absolute Gasteiger partial charge is 0.250 e. The molecule has 6 atom stereocenters. The van der Waals surface area contributed by atoms with Crippen molar-refractivity contribution in [2.45, 2.75) is 34.7 Å². The molecule has 2 aromatic carbocycles. The first-order chi connectivity index (χ1) is 15.7. The number of hydrogen-bond donors (Lipinski definition) is 3. The molecule has 1 aromatic heterocycles. The molecule has 4 rings (SSSR count). The van der Waals surface area contributed by atoms with E-state index in [2.05, 4.69) is 10.3 Å². The molecule has 3 N–H and O–H groups in total. The molecule has 1 fully saturated rings. The third-order valence-electron chi connectivity index (χ3n) is 5.20. The van der Waals surface area contributed by atoms with E-state index in [-0.39, 0.29) is 16.2 Å². The maximum atomic E-state index is 13.6. The Labute approximate surface area is 193 Å². The zero-order chi connectivity index (χ0) is 23.9. The molecule has 1 saturated heterocycles. The van der Waals surface area contributed by atoms with Crippen LogP contribution in [0, 0.1) is 17.5 Å². The summed E-state index contributed by atoms with van der Waals surface area (Å²) in [5.74, 6) is -4.49. The van der Waals surface area contributed by atoms with Gasteiger partial charge in [-0.15, -0.1) is 5.10 Å². The Morgan fingerprint density at radius 2 is 1.73 bits per heavy atom. The lowest BCUT2D eigenvalue weighted by molar-refractivity contribution is -0.180. The van der Waals surface area contributed by atoms with Crippen LogP contribution >= 0.6 is 11.6 Å². The van der Waals surface area contributed by atoms with Gasteiger partial charge in [-0.1, -0.05) is 16.8 Å². The molecule has 176 valence electrons. The van der Waals surface area contributed by atoms with Crippen molar-refractivity contribution in [3.8, 4) is 11.3 Å². The second-order valence-electron chi connectivity index (χ2n) is 7.29. The Hall–Kier alpha value is -2.19. The van der Waals surface area contributed by atoms with E-state index in [0.29, 0.717) is 5.02 Å². The number of aliphatic hydroxyl groups is 3. The Morgan fingerprint density at radius 3 is 2.33 bits per heavy atom. The summed E-state index contributed by atoms with van der Waals surface area (Å²) in [5, 5.41) is 39.2. The molecule has 6 unspecified atom stereocenters. The molecule has 33 heavy (non-hydrogen) atoms. The Bertz CT molecular complexity index is 1120. The fourth-order valence-electron chi connectivity index (χ4n) is 3.52. The van der Waals surface area contributed by atoms with E-state index in [4.69, 9.17) is 16.3 Å². The second-order valence-corrected chi connectivity index (χ2v) is 9.25. The third-order valence-corrected chi connectivity index (χ3v) is 7.00. The van der Waals surface area contributed by atoms with Gasteiger partial charge < -0.3 is 24.6 Å². The third kappa shape index (κ3) is 4.60. The van der Waals surface area contributed by atoms with Gasteiger partial charge in [-0.2, -0.15) is 0 Å². The van der Waals surface area contributed by atoms with Crippen molar-refractivity contribution in [3.63, 3.8) is 0 Å². The van der Waals surface area contributed by atoms with E-state index in [1.807, 2.05) is 0 Å². The summed E-state index contributed by atoms with van der Waals surface area (Å²) < 4.78 is 60.0. The van der Waals surface area contributed by atoms with Crippen LogP contribution in [0.25, 0.3) is 11.3 Å². The highest BCUT2D eigenvalue weighted by Crippen LogP contribution is 2.35.